The summed E-state index contributed by atoms with van der Waals surface area (Å²) in [7, 11) is 3.15. The fourth-order valence-electron chi connectivity index (χ4n) is 13.4. The number of carbonyl (C=O) groups is 2. The highest BCUT2D eigenvalue weighted by molar-refractivity contribution is 6.08. The minimum atomic E-state index is -0.555. The molecule has 2 spiro atoms. The average Bonchev–Trinajstić information content (AvgIpc) is 3.53. The Balaban J connectivity index is 1.37. The Morgan fingerprint density at radius 1 is 0.533 bits per heavy atom. The molecule has 30 heavy (non-hydrogen) atoms. The highest BCUT2D eigenvalue weighted by Gasteiger charge is 3.21. The molecule has 0 aromatic carbocycles. The van der Waals surface area contributed by atoms with E-state index in [-0.39, 0.29) is 22.8 Å². The van der Waals surface area contributed by atoms with Gasteiger partial charge in [0, 0.05) is 10.8 Å². The quantitative estimate of drug-likeness (QED) is 0.640. The first-order chi connectivity index (χ1) is 14.5. The molecule has 4 nitrogen and oxygen atoms in total. The predicted octanol–water partition coefficient (Wildman–Crippen LogP) is 4.22. The summed E-state index contributed by atoms with van der Waals surface area (Å²) < 4.78 is 11.3. The van der Waals surface area contributed by atoms with Crippen LogP contribution in [0, 0.1) is 69.0 Å². The van der Waals surface area contributed by atoms with E-state index in [1.807, 2.05) is 0 Å². The SMILES string of the molecule is COC(=O)C12C3(C4CC5CC(C4)CC3C5)C1(C(=O)OC)C21C2CC3CC(C2)CC1C3. The van der Waals surface area contributed by atoms with Crippen LogP contribution < -0.4 is 0 Å². The number of fused-ring (bicyclic) bond motifs is 1. The highest BCUT2D eigenvalue weighted by atomic mass is 16.5. The minimum absolute atomic E-state index is 0.0344. The number of hydrogen-bond donors (Lipinski definition) is 0. The van der Waals surface area contributed by atoms with Gasteiger partial charge in [-0.2, -0.15) is 0 Å². The van der Waals surface area contributed by atoms with E-state index in [0.717, 1.165) is 23.7 Å². The molecule has 10 saturated carbocycles. The van der Waals surface area contributed by atoms with Gasteiger partial charge in [-0.15, -0.1) is 0 Å². The Morgan fingerprint density at radius 3 is 1.03 bits per heavy atom. The van der Waals surface area contributed by atoms with Crippen LogP contribution >= 0.6 is 0 Å². The molecule has 0 aromatic heterocycles. The van der Waals surface area contributed by atoms with E-state index in [9.17, 15) is 9.59 Å². The Morgan fingerprint density at radius 2 is 0.800 bits per heavy atom. The lowest BCUT2D eigenvalue weighted by Gasteiger charge is -2.67. The zero-order chi connectivity index (χ0) is 20.3. The number of rotatable bonds is 2. The molecule has 0 radical (unpaired) electrons. The zero-order valence-corrected chi connectivity index (χ0v) is 18.3. The van der Waals surface area contributed by atoms with Crippen molar-refractivity contribution in [1.29, 1.82) is 0 Å². The van der Waals surface area contributed by atoms with Gasteiger partial charge in [-0.25, -0.2) is 0 Å². The molecule has 10 rings (SSSR count). The van der Waals surface area contributed by atoms with E-state index in [0.29, 0.717) is 23.7 Å². The van der Waals surface area contributed by atoms with Crippen LogP contribution in [0.25, 0.3) is 0 Å². The van der Waals surface area contributed by atoms with Gasteiger partial charge in [0.25, 0.3) is 0 Å². The fraction of sp³-hybridized carbons (Fsp3) is 0.923. The molecule has 162 valence electrons. The van der Waals surface area contributed by atoms with Crippen LogP contribution in [0.1, 0.15) is 64.2 Å². The van der Waals surface area contributed by atoms with Crippen molar-refractivity contribution in [2.45, 2.75) is 64.2 Å². The summed E-state index contributed by atoms with van der Waals surface area (Å²) in [5.41, 5.74) is -1.38. The van der Waals surface area contributed by atoms with Crippen LogP contribution in [-0.2, 0) is 19.1 Å². The molecular formula is C26H34O4. The third-order valence-electron chi connectivity index (χ3n) is 12.8. The van der Waals surface area contributed by atoms with Crippen LogP contribution in [-0.4, -0.2) is 26.2 Å². The number of hydrogen-bond acceptors (Lipinski definition) is 4. The number of methoxy groups -OCH3 is 2. The molecule has 10 fully saturated rings. The van der Waals surface area contributed by atoms with Gasteiger partial charge in [0.15, 0.2) is 0 Å². The number of carbonyl (C=O) groups excluding carboxylic acids is 2. The van der Waals surface area contributed by atoms with Crippen molar-refractivity contribution in [3.8, 4) is 0 Å². The predicted molar refractivity (Wildman–Crippen MR) is 108 cm³/mol. The smallest absolute Gasteiger partial charge is 0.314 e. The Bertz CT molecular complexity index is 745. The summed E-state index contributed by atoms with van der Waals surface area (Å²) in [6.45, 7) is 0. The van der Waals surface area contributed by atoms with Gasteiger partial charge in [-0.3, -0.25) is 9.59 Å². The molecule has 4 heteroatoms. The van der Waals surface area contributed by atoms with Gasteiger partial charge in [0.05, 0.1) is 25.0 Å². The summed E-state index contributed by atoms with van der Waals surface area (Å²) in [6.07, 6.45) is 12.7. The van der Waals surface area contributed by atoms with Crippen molar-refractivity contribution >= 4 is 11.9 Å². The lowest BCUT2D eigenvalue weighted by Crippen LogP contribution is -2.64. The second-order valence-electron chi connectivity index (χ2n) is 12.8. The Hall–Kier alpha value is -1.06. The first kappa shape index (κ1) is 17.5. The monoisotopic (exact) mass is 410 g/mol. The molecular weight excluding hydrogens is 376 g/mol. The highest BCUT2D eigenvalue weighted by Crippen LogP contribution is 3.15. The number of esters is 2. The van der Waals surface area contributed by atoms with Crippen LogP contribution in [0.15, 0.2) is 0 Å². The summed E-state index contributed by atoms with van der Waals surface area (Å²) in [6, 6.07) is 0. The average molecular weight is 411 g/mol. The molecule has 0 saturated heterocycles. The minimum Gasteiger partial charge on any atom is -0.469 e. The summed E-state index contributed by atoms with van der Waals surface area (Å²) in [4.78, 5) is 27.9. The topological polar surface area (TPSA) is 52.6 Å². The van der Waals surface area contributed by atoms with E-state index in [2.05, 4.69) is 0 Å². The molecule has 0 aliphatic heterocycles. The van der Waals surface area contributed by atoms with Gasteiger partial charge in [0.2, 0.25) is 0 Å². The molecule has 8 bridgehead atoms. The molecule has 0 N–H and O–H groups in total. The third kappa shape index (κ3) is 1.26. The second-order valence-corrected chi connectivity index (χ2v) is 12.8. The van der Waals surface area contributed by atoms with Gasteiger partial charge in [0.1, 0.15) is 0 Å². The maximum atomic E-state index is 13.9. The van der Waals surface area contributed by atoms with Crippen molar-refractivity contribution < 1.29 is 19.1 Å². The second kappa shape index (κ2) is 4.81. The van der Waals surface area contributed by atoms with Crippen molar-refractivity contribution in [3.63, 3.8) is 0 Å². The number of ether oxygens (including phenoxy) is 2. The van der Waals surface area contributed by atoms with Crippen LogP contribution in [0.3, 0.4) is 0 Å². The summed E-state index contributed by atoms with van der Waals surface area (Å²) in [5.74, 6) is 5.40. The van der Waals surface area contributed by atoms with Crippen molar-refractivity contribution in [2.24, 2.45) is 69.0 Å². The van der Waals surface area contributed by atoms with Gasteiger partial charge >= 0.3 is 11.9 Å². The third-order valence-corrected chi connectivity index (χ3v) is 12.8. The maximum Gasteiger partial charge on any atom is 0.314 e. The van der Waals surface area contributed by atoms with Crippen LogP contribution in [0.4, 0.5) is 0 Å². The van der Waals surface area contributed by atoms with E-state index >= 15 is 0 Å². The Kier molecular flexibility index (Phi) is 2.80. The van der Waals surface area contributed by atoms with E-state index in [1.165, 1.54) is 64.2 Å². The first-order valence-electron chi connectivity index (χ1n) is 12.7. The van der Waals surface area contributed by atoms with Crippen molar-refractivity contribution in [1.82, 2.24) is 0 Å². The zero-order valence-electron chi connectivity index (χ0n) is 18.3. The molecule has 0 amide bonds. The summed E-state index contributed by atoms with van der Waals surface area (Å²) >= 11 is 0. The lowest BCUT2D eigenvalue weighted by molar-refractivity contribution is -0.217. The first-order valence-corrected chi connectivity index (χ1v) is 12.7. The van der Waals surface area contributed by atoms with E-state index in [4.69, 9.17) is 9.47 Å². The normalized spacial score (nSPS) is 64.5. The molecule has 0 atom stereocenters. The molecule has 0 heterocycles. The maximum absolute atomic E-state index is 13.9. The molecule has 0 aromatic rings. The van der Waals surface area contributed by atoms with Crippen molar-refractivity contribution in [2.75, 3.05) is 14.2 Å². The fourth-order valence-corrected chi connectivity index (χ4v) is 13.4. The van der Waals surface area contributed by atoms with Crippen molar-refractivity contribution in [3.05, 3.63) is 0 Å². The van der Waals surface area contributed by atoms with Gasteiger partial charge in [-0.05, 0) is 112 Å². The largest absolute Gasteiger partial charge is 0.469 e. The van der Waals surface area contributed by atoms with Crippen LogP contribution in [0.2, 0.25) is 0 Å². The van der Waals surface area contributed by atoms with E-state index in [1.54, 1.807) is 14.2 Å². The Labute approximate surface area is 178 Å². The van der Waals surface area contributed by atoms with E-state index < -0.39 is 10.8 Å². The van der Waals surface area contributed by atoms with Gasteiger partial charge < -0.3 is 9.47 Å². The lowest BCUT2D eigenvalue weighted by atomic mass is 9.36. The summed E-state index contributed by atoms with van der Waals surface area (Å²) in [5, 5.41) is 0. The molecule has 0 unspecified atom stereocenters. The van der Waals surface area contributed by atoms with Crippen LogP contribution in [0.5, 0.6) is 0 Å². The molecule has 10 aliphatic rings. The van der Waals surface area contributed by atoms with Gasteiger partial charge in [-0.1, -0.05) is 0 Å². The molecule has 10 aliphatic carbocycles. The standard InChI is InChI=1S/C26H34O4/c1-29-21(27)25-23(17-5-13-3-14(7-17)8-18(23)6-13)26(25,22(28)30-2)24(25)19-9-15-4-16(11-19)12-20(24)10-15/h13-20H,3-12H2,1-2H3.